The first-order chi connectivity index (χ1) is 15.0. The molecule has 0 aliphatic carbocycles. The third-order valence-electron chi connectivity index (χ3n) is 6.16. The van der Waals surface area contributed by atoms with Crippen LogP contribution in [-0.2, 0) is 17.8 Å². The van der Waals surface area contributed by atoms with Crippen LogP contribution in [0.3, 0.4) is 0 Å². The molecule has 1 aliphatic heterocycles. The van der Waals surface area contributed by atoms with Gasteiger partial charge in [0, 0.05) is 42.6 Å². The Bertz CT molecular complexity index is 1070. The van der Waals surface area contributed by atoms with Gasteiger partial charge < -0.3 is 10.2 Å². The number of carbonyl (C=O) groups excluding carboxylic acids is 2. The van der Waals surface area contributed by atoms with Gasteiger partial charge in [0.1, 0.15) is 0 Å². The second-order valence-electron chi connectivity index (χ2n) is 8.28. The largest absolute Gasteiger partial charge is 0.349 e. The Morgan fingerprint density at radius 2 is 2.03 bits per heavy atom. The molecule has 2 aromatic heterocycles. The van der Waals surface area contributed by atoms with Crippen LogP contribution in [0.25, 0.3) is 10.1 Å². The van der Waals surface area contributed by atoms with Gasteiger partial charge >= 0.3 is 0 Å². The van der Waals surface area contributed by atoms with Crippen molar-refractivity contribution in [3.63, 3.8) is 0 Å². The summed E-state index contributed by atoms with van der Waals surface area (Å²) in [5.41, 5.74) is 2.15. The van der Waals surface area contributed by atoms with Gasteiger partial charge in [0.05, 0.1) is 11.4 Å². The van der Waals surface area contributed by atoms with Crippen LogP contribution in [0.2, 0.25) is 0 Å². The van der Waals surface area contributed by atoms with E-state index in [0.717, 1.165) is 64.9 Å². The van der Waals surface area contributed by atoms with Gasteiger partial charge in [-0.25, -0.2) is 0 Å². The van der Waals surface area contributed by atoms with Crippen LogP contribution in [0.15, 0.2) is 36.5 Å². The van der Waals surface area contributed by atoms with Gasteiger partial charge in [-0.15, -0.1) is 11.3 Å². The molecule has 1 saturated heterocycles. The van der Waals surface area contributed by atoms with Crippen molar-refractivity contribution >= 4 is 33.2 Å². The fraction of sp³-hybridized carbons (Fsp3) is 0.458. The highest BCUT2D eigenvalue weighted by atomic mass is 32.1. The third kappa shape index (κ3) is 4.82. The number of aryl methyl sites for hydroxylation is 1. The van der Waals surface area contributed by atoms with E-state index < -0.39 is 0 Å². The highest BCUT2D eigenvalue weighted by Gasteiger charge is 2.27. The van der Waals surface area contributed by atoms with Crippen LogP contribution >= 0.6 is 11.3 Å². The number of nitrogens with one attached hydrogen (secondary N) is 1. The number of thiophene rings is 1. The highest BCUT2D eigenvalue weighted by Crippen LogP contribution is 2.34. The maximum absolute atomic E-state index is 13.2. The lowest BCUT2D eigenvalue weighted by atomic mass is 9.98. The summed E-state index contributed by atoms with van der Waals surface area (Å²) in [6, 6.07) is 10.3. The van der Waals surface area contributed by atoms with Crippen LogP contribution in [0.1, 0.15) is 53.5 Å². The van der Waals surface area contributed by atoms with E-state index in [2.05, 4.69) is 22.5 Å². The third-order valence-corrected chi connectivity index (χ3v) is 7.38. The van der Waals surface area contributed by atoms with E-state index in [1.807, 2.05) is 34.7 Å². The van der Waals surface area contributed by atoms with Crippen LogP contribution in [0.4, 0.5) is 0 Å². The molecule has 0 spiro atoms. The topological polar surface area (TPSA) is 67.2 Å². The minimum atomic E-state index is -0.0380. The zero-order valence-electron chi connectivity index (χ0n) is 18.3. The monoisotopic (exact) mass is 438 g/mol. The Morgan fingerprint density at radius 3 is 2.81 bits per heavy atom. The molecule has 3 aromatic rings. The molecule has 164 valence electrons. The lowest BCUT2D eigenvalue weighted by molar-refractivity contribution is -0.131. The van der Waals surface area contributed by atoms with Gasteiger partial charge in [0.15, 0.2) is 0 Å². The number of hydrogen-bond donors (Lipinski definition) is 1. The molecule has 7 heteroatoms. The fourth-order valence-electron chi connectivity index (χ4n) is 4.51. The van der Waals surface area contributed by atoms with Gasteiger partial charge in [0.2, 0.25) is 5.91 Å². The van der Waals surface area contributed by atoms with E-state index in [1.165, 1.54) is 0 Å². The molecule has 3 heterocycles. The van der Waals surface area contributed by atoms with E-state index in [0.29, 0.717) is 13.1 Å². The summed E-state index contributed by atoms with van der Waals surface area (Å²) in [4.78, 5) is 28.2. The number of rotatable bonds is 6. The van der Waals surface area contributed by atoms with Crippen LogP contribution < -0.4 is 5.32 Å². The fourth-order valence-corrected chi connectivity index (χ4v) is 5.66. The van der Waals surface area contributed by atoms with Crippen molar-refractivity contribution in [1.29, 1.82) is 0 Å². The predicted octanol–water partition coefficient (Wildman–Crippen LogP) is 4.17. The summed E-state index contributed by atoms with van der Waals surface area (Å²) >= 11 is 1.55. The number of hydrogen-bond acceptors (Lipinski definition) is 4. The Kier molecular flexibility index (Phi) is 6.70. The molecule has 0 saturated carbocycles. The van der Waals surface area contributed by atoms with Crippen LogP contribution in [0, 0.1) is 6.92 Å². The summed E-state index contributed by atoms with van der Waals surface area (Å²) in [7, 11) is 0. The lowest BCUT2D eigenvalue weighted by Crippen LogP contribution is -2.40. The summed E-state index contributed by atoms with van der Waals surface area (Å²) in [6.07, 6.45) is 6.83. The zero-order valence-corrected chi connectivity index (χ0v) is 19.1. The molecule has 0 radical (unpaired) electrons. The maximum Gasteiger partial charge on any atom is 0.261 e. The number of carbonyl (C=O) groups is 2. The maximum atomic E-state index is 13.2. The van der Waals surface area contributed by atoms with Crippen molar-refractivity contribution in [2.24, 2.45) is 0 Å². The molecule has 6 nitrogen and oxygen atoms in total. The quantitative estimate of drug-likeness (QED) is 0.628. The van der Waals surface area contributed by atoms with Crippen LogP contribution in [0.5, 0.6) is 0 Å². The first-order valence-corrected chi connectivity index (χ1v) is 11.9. The van der Waals surface area contributed by atoms with Crippen molar-refractivity contribution in [1.82, 2.24) is 20.0 Å². The summed E-state index contributed by atoms with van der Waals surface area (Å²) in [5, 5.41) is 8.49. The van der Waals surface area contributed by atoms with Crippen molar-refractivity contribution < 1.29 is 9.59 Å². The standard InChI is InChI=1S/C24H30N4O2S/c1-17-11-12-26-28(17)15-13-25-24(30)23-21(20-9-5-6-10-22(20)31-23)16-19-8-4-3-7-14-27(19)18(2)29/h5-6,9-12,19H,3-4,7-8,13-16H2,1-2H3,(H,25,30)/t19-/m0/s1. The van der Waals surface area contributed by atoms with E-state index in [-0.39, 0.29) is 17.9 Å². The second kappa shape index (κ2) is 9.64. The minimum Gasteiger partial charge on any atom is -0.349 e. The van der Waals surface area contributed by atoms with Crippen molar-refractivity contribution in [2.45, 2.75) is 58.5 Å². The van der Waals surface area contributed by atoms with Crippen molar-refractivity contribution in [3.8, 4) is 0 Å². The van der Waals surface area contributed by atoms with Crippen LogP contribution in [-0.4, -0.2) is 45.6 Å². The molecule has 1 aliphatic rings. The van der Waals surface area contributed by atoms with Gasteiger partial charge in [-0.1, -0.05) is 31.0 Å². The van der Waals surface area contributed by atoms with Gasteiger partial charge in [0.25, 0.3) is 5.91 Å². The Morgan fingerprint density at radius 1 is 1.19 bits per heavy atom. The average Bonchev–Trinajstić information content (AvgIpc) is 3.23. The molecule has 2 amide bonds. The van der Waals surface area contributed by atoms with Crippen molar-refractivity contribution in [3.05, 3.63) is 52.7 Å². The average molecular weight is 439 g/mol. The lowest BCUT2D eigenvalue weighted by Gasteiger charge is -2.29. The number of nitrogens with zero attached hydrogens (tertiary/aromatic N) is 3. The Hall–Kier alpha value is -2.67. The molecule has 1 fully saturated rings. The number of amides is 2. The predicted molar refractivity (Wildman–Crippen MR) is 124 cm³/mol. The molecule has 1 atom stereocenters. The first kappa shape index (κ1) is 21.6. The SMILES string of the molecule is CC(=O)N1CCCCC[C@H]1Cc1c(C(=O)NCCn2nccc2C)sc2ccccc12. The molecule has 1 aromatic carbocycles. The van der Waals surface area contributed by atoms with E-state index in [9.17, 15) is 9.59 Å². The number of fused-ring (bicyclic) bond motifs is 1. The highest BCUT2D eigenvalue weighted by molar-refractivity contribution is 7.21. The van der Waals surface area contributed by atoms with E-state index in [1.54, 1.807) is 24.5 Å². The van der Waals surface area contributed by atoms with Gasteiger partial charge in [-0.2, -0.15) is 5.10 Å². The van der Waals surface area contributed by atoms with Crippen molar-refractivity contribution in [2.75, 3.05) is 13.1 Å². The Labute approximate surface area is 187 Å². The summed E-state index contributed by atoms with van der Waals surface area (Å²) < 4.78 is 3.01. The summed E-state index contributed by atoms with van der Waals surface area (Å²) in [5.74, 6) is 0.0936. The van der Waals surface area contributed by atoms with E-state index in [4.69, 9.17) is 0 Å². The normalized spacial score (nSPS) is 17.0. The molecular formula is C24H30N4O2S. The molecule has 4 rings (SSSR count). The Balaban J connectivity index is 1.57. The second-order valence-corrected chi connectivity index (χ2v) is 9.33. The van der Waals surface area contributed by atoms with E-state index >= 15 is 0 Å². The molecule has 1 N–H and O–H groups in total. The molecular weight excluding hydrogens is 408 g/mol. The molecule has 0 unspecified atom stereocenters. The van der Waals surface area contributed by atoms with Gasteiger partial charge in [-0.3, -0.25) is 14.3 Å². The smallest absolute Gasteiger partial charge is 0.261 e. The number of likely N-dealkylation sites (tertiary alicyclic amines) is 1. The number of benzene rings is 1. The zero-order chi connectivity index (χ0) is 21.8. The molecule has 31 heavy (non-hydrogen) atoms. The minimum absolute atomic E-state index is 0.0380. The molecule has 0 bridgehead atoms. The number of aromatic nitrogens is 2. The van der Waals surface area contributed by atoms with Gasteiger partial charge in [-0.05, 0) is 49.3 Å². The summed E-state index contributed by atoms with van der Waals surface area (Å²) in [6.45, 7) is 5.65. The first-order valence-electron chi connectivity index (χ1n) is 11.1.